The molecule has 0 aliphatic heterocycles. The first kappa shape index (κ1) is 13.1. The van der Waals surface area contributed by atoms with Gasteiger partial charge in [-0.3, -0.25) is 9.59 Å². The van der Waals surface area contributed by atoms with Gasteiger partial charge in [-0.2, -0.15) is 0 Å². The van der Waals surface area contributed by atoms with E-state index < -0.39 is 17.9 Å². The molecule has 1 atom stereocenters. The monoisotopic (exact) mass is 278 g/mol. The highest BCUT2D eigenvalue weighted by Crippen LogP contribution is 2.50. The minimum atomic E-state index is -0.626. The van der Waals surface area contributed by atoms with Crippen molar-refractivity contribution in [3.63, 3.8) is 0 Å². The van der Waals surface area contributed by atoms with Gasteiger partial charge in [0.25, 0.3) is 5.91 Å². The van der Waals surface area contributed by atoms with E-state index in [2.05, 4.69) is 20.3 Å². The summed E-state index contributed by atoms with van der Waals surface area (Å²) in [5.41, 5.74) is 6.01. The van der Waals surface area contributed by atoms with Crippen molar-refractivity contribution in [3.8, 4) is 0 Å². The predicted octanol–water partition coefficient (Wildman–Crippen LogP) is 0.398. The van der Waals surface area contributed by atoms with Gasteiger partial charge in [-0.05, 0) is 55.5 Å². The molecule has 1 aromatic rings. The summed E-state index contributed by atoms with van der Waals surface area (Å²) >= 11 is 0. The van der Waals surface area contributed by atoms with Gasteiger partial charge < -0.3 is 11.1 Å². The van der Waals surface area contributed by atoms with Crippen LogP contribution >= 0.6 is 0 Å². The van der Waals surface area contributed by atoms with E-state index in [1.165, 1.54) is 0 Å². The molecule has 1 heterocycles. The molecule has 2 aliphatic rings. The van der Waals surface area contributed by atoms with Crippen molar-refractivity contribution in [2.45, 2.75) is 38.6 Å². The van der Waals surface area contributed by atoms with E-state index in [9.17, 15) is 9.59 Å². The molecule has 2 saturated carbocycles. The molecule has 3 rings (SSSR count). The number of amides is 2. The van der Waals surface area contributed by atoms with Gasteiger partial charge in [0.2, 0.25) is 5.91 Å². The Morgan fingerprint density at radius 3 is 2.25 bits per heavy atom. The Kier molecular flexibility index (Phi) is 3.19. The van der Waals surface area contributed by atoms with E-state index in [4.69, 9.17) is 5.73 Å². The number of rotatable bonds is 6. The maximum absolute atomic E-state index is 12.2. The maximum Gasteiger partial charge on any atom is 0.276 e. The van der Waals surface area contributed by atoms with E-state index in [1.54, 1.807) is 6.92 Å². The molecule has 0 radical (unpaired) electrons. The van der Waals surface area contributed by atoms with Crippen LogP contribution in [0.2, 0.25) is 0 Å². The minimum Gasteiger partial charge on any atom is -0.368 e. The first-order valence-electron chi connectivity index (χ1n) is 6.97. The highest BCUT2D eigenvalue weighted by atomic mass is 16.6. The van der Waals surface area contributed by atoms with Crippen LogP contribution in [-0.4, -0.2) is 28.2 Å². The summed E-state index contributed by atoms with van der Waals surface area (Å²) in [6.07, 6.45) is 4.47. The molecule has 0 bridgehead atoms. The lowest BCUT2D eigenvalue weighted by atomic mass is 9.89. The average Bonchev–Trinajstić information content (AvgIpc) is 3.30. The highest BCUT2D eigenvalue weighted by molar-refractivity contribution is 5.96. The zero-order chi connectivity index (χ0) is 14.3. The zero-order valence-electron chi connectivity index (χ0n) is 11.3. The number of hydrogen-bond acceptors (Lipinski definition) is 5. The van der Waals surface area contributed by atoms with Gasteiger partial charge in [0.05, 0.1) is 0 Å². The molecule has 0 spiro atoms. The molecule has 0 aromatic carbocycles. The Morgan fingerprint density at radius 1 is 1.25 bits per heavy atom. The van der Waals surface area contributed by atoms with Gasteiger partial charge in [0, 0.05) is 0 Å². The summed E-state index contributed by atoms with van der Waals surface area (Å²) in [6.45, 7) is 1.63. The second kappa shape index (κ2) is 4.88. The average molecular weight is 278 g/mol. The SMILES string of the molecule is Cc1nonc1C(=O)N[C@H](C(N)=O)C(C1CC1)C1CC1. The Labute approximate surface area is 116 Å². The van der Waals surface area contributed by atoms with E-state index >= 15 is 0 Å². The van der Waals surface area contributed by atoms with Gasteiger partial charge in [0.1, 0.15) is 11.7 Å². The first-order valence-corrected chi connectivity index (χ1v) is 6.97. The summed E-state index contributed by atoms with van der Waals surface area (Å²) in [5.74, 6) is 0.264. The van der Waals surface area contributed by atoms with Crippen LogP contribution < -0.4 is 11.1 Å². The van der Waals surface area contributed by atoms with Crippen LogP contribution in [0, 0.1) is 24.7 Å². The normalized spacial score (nSPS) is 19.9. The third-order valence-corrected chi connectivity index (χ3v) is 4.18. The van der Waals surface area contributed by atoms with Crippen molar-refractivity contribution < 1.29 is 14.2 Å². The molecule has 2 amide bonds. The first-order chi connectivity index (χ1) is 9.58. The van der Waals surface area contributed by atoms with E-state index in [0.717, 1.165) is 25.7 Å². The van der Waals surface area contributed by atoms with Crippen LogP contribution in [-0.2, 0) is 4.79 Å². The van der Waals surface area contributed by atoms with E-state index in [-0.39, 0.29) is 11.6 Å². The Bertz CT molecular complexity index is 521. The van der Waals surface area contributed by atoms with Crippen molar-refractivity contribution in [3.05, 3.63) is 11.4 Å². The van der Waals surface area contributed by atoms with Crippen LogP contribution in [0.25, 0.3) is 0 Å². The van der Waals surface area contributed by atoms with Crippen molar-refractivity contribution in [2.75, 3.05) is 0 Å². The minimum absolute atomic E-state index is 0.113. The molecular weight excluding hydrogens is 260 g/mol. The van der Waals surface area contributed by atoms with Crippen LogP contribution in [0.15, 0.2) is 4.63 Å². The van der Waals surface area contributed by atoms with Crippen LogP contribution in [0.5, 0.6) is 0 Å². The molecule has 7 nitrogen and oxygen atoms in total. The molecule has 108 valence electrons. The van der Waals surface area contributed by atoms with E-state index in [0.29, 0.717) is 17.5 Å². The summed E-state index contributed by atoms with van der Waals surface area (Å²) in [4.78, 5) is 23.9. The van der Waals surface area contributed by atoms with Crippen molar-refractivity contribution in [1.82, 2.24) is 15.6 Å². The number of nitrogens with two attached hydrogens (primary N) is 1. The standard InChI is InChI=1S/C13H18N4O3/c1-6-10(17-20-16-6)13(19)15-11(12(14)18)9(7-2-3-7)8-4-5-8/h7-9,11H,2-5H2,1H3,(H2,14,18)(H,15,19)/t11-/m0/s1. The Balaban J connectivity index is 1.75. The second-order valence-corrected chi connectivity index (χ2v) is 5.80. The molecule has 0 unspecified atom stereocenters. The third-order valence-electron chi connectivity index (χ3n) is 4.18. The lowest BCUT2D eigenvalue weighted by Gasteiger charge is -2.25. The predicted molar refractivity (Wildman–Crippen MR) is 68.4 cm³/mol. The lowest BCUT2D eigenvalue weighted by molar-refractivity contribution is -0.121. The highest BCUT2D eigenvalue weighted by Gasteiger charge is 2.47. The van der Waals surface area contributed by atoms with Gasteiger partial charge in [-0.1, -0.05) is 5.16 Å². The Hall–Kier alpha value is -1.92. The van der Waals surface area contributed by atoms with Crippen LogP contribution in [0.3, 0.4) is 0 Å². The van der Waals surface area contributed by atoms with Gasteiger partial charge in [-0.15, -0.1) is 0 Å². The molecule has 0 saturated heterocycles. The zero-order valence-corrected chi connectivity index (χ0v) is 11.3. The summed E-state index contributed by atoms with van der Waals surface area (Å²) in [7, 11) is 0. The van der Waals surface area contributed by atoms with Crippen molar-refractivity contribution in [2.24, 2.45) is 23.5 Å². The number of aryl methyl sites for hydroxylation is 1. The number of carbonyl (C=O) groups excluding carboxylic acids is 2. The molecule has 2 aliphatic carbocycles. The second-order valence-electron chi connectivity index (χ2n) is 5.80. The van der Waals surface area contributed by atoms with E-state index in [1.807, 2.05) is 0 Å². The Morgan fingerprint density at radius 2 is 1.85 bits per heavy atom. The quantitative estimate of drug-likeness (QED) is 0.782. The third kappa shape index (κ3) is 2.52. The molecule has 20 heavy (non-hydrogen) atoms. The summed E-state index contributed by atoms with van der Waals surface area (Å²) in [6, 6.07) is -0.626. The molecule has 1 aromatic heterocycles. The van der Waals surface area contributed by atoms with Crippen LogP contribution in [0.4, 0.5) is 0 Å². The molecule has 7 heteroatoms. The van der Waals surface area contributed by atoms with Gasteiger partial charge in [-0.25, -0.2) is 4.63 Å². The number of nitrogens with zero attached hydrogens (tertiary/aromatic N) is 2. The lowest BCUT2D eigenvalue weighted by Crippen LogP contribution is -2.50. The summed E-state index contributed by atoms with van der Waals surface area (Å²) in [5, 5.41) is 9.85. The fraction of sp³-hybridized carbons (Fsp3) is 0.692. The van der Waals surface area contributed by atoms with Crippen LogP contribution in [0.1, 0.15) is 41.9 Å². The molecular formula is C13H18N4O3. The number of aromatic nitrogens is 2. The summed E-state index contributed by atoms with van der Waals surface area (Å²) < 4.78 is 4.51. The van der Waals surface area contributed by atoms with Gasteiger partial charge >= 0.3 is 0 Å². The number of carbonyl (C=O) groups is 2. The smallest absolute Gasteiger partial charge is 0.276 e. The van der Waals surface area contributed by atoms with Gasteiger partial charge in [0.15, 0.2) is 5.69 Å². The topological polar surface area (TPSA) is 111 Å². The molecule has 2 fully saturated rings. The fourth-order valence-electron chi connectivity index (χ4n) is 2.90. The van der Waals surface area contributed by atoms with Crippen molar-refractivity contribution in [1.29, 1.82) is 0 Å². The largest absolute Gasteiger partial charge is 0.368 e. The van der Waals surface area contributed by atoms with Crippen molar-refractivity contribution >= 4 is 11.8 Å². The molecule has 3 N–H and O–H groups in total. The maximum atomic E-state index is 12.2. The number of nitrogens with one attached hydrogen (secondary N) is 1. The fourth-order valence-corrected chi connectivity index (χ4v) is 2.90. The number of primary amides is 1. The number of hydrogen-bond donors (Lipinski definition) is 2.